The molecule has 0 atom stereocenters. The molecule has 19 heavy (non-hydrogen) atoms. The Hall–Kier alpha value is -1.71. The highest BCUT2D eigenvalue weighted by atomic mass is 16.5. The van der Waals surface area contributed by atoms with E-state index < -0.39 is 0 Å². The molecule has 0 aliphatic heterocycles. The van der Waals surface area contributed by atoms with Crippen LogP contribution in [0, 0.1) is 0 Å². The Morgan fingerprint density at radius 1 is 1.37 bits per heavy atom. The average Bonchev–Trinajstić information content (AvgIpc) is 2.90. The van der Waals surface area contributed by atoms with E-state index in [9.17, 15) is 4.79 Å². The third kappa shape index (κ3) is 3.19. The van der Waals surface area contributed by atoms with Crippen LogP contribution in [0.5, 0.6) is 5.75 Å². The van der Waals surface area contributed by atoms with Crippen molar-refractivity contribution in [1.82, 2.24) is 4.90 Å². The molecule has 1 aromatic carbocycles. The standard InChI is InChI=1S/C15H22N2O2/c1-3-19-14-9-11(8-12(16)10-14)15(18)17(2)13-6-4-5-7-13/h8-10,13H,3-7,16H2,1-2H3. The molecule has 1 aromatic rings. The van der Waals surface area contributed by atoms with Crippen LogP contribution in [0.4, 0.5) is 5.69 Å². The smallest absolute Gasteiger partial charge is 0.254 e. The molecular weight excluding hydrogens is 240 g/mol. The van der Waals surface area contributed by atoms with Crippen LogP contribution in [0.2, 0.25) is 0 Å². The molecule has 4 nitrogen and oxygen atoms in total. The molecule has 1 aliphatic rings. The van der Waals surface area contributed by atoms with Crippen molar-refractivity contribution in [3.63, 3.8) is 0 Å². The second kappa shape index (κ2) is 5.95. The van der Waals surface area contributed by atoms with Crippen LogP contribution < -0.4 is 10.5 Å². The number of anilines is 1. The number of amides is 1. The summed E-state index contributed by atoms with van der Waals surface area (Å²) in [5.41, 5.74) is 7.00. The number of hydrogen-bond donors (Lipinski definition) is 1. The number of nitrogen functional groups attached to an aromatic ring is 1. The van der Waals surface area contributed by atoms with Gasteiger partial charge in [0.25, 0.3) is 5.91 Å². The lowest BCUT2D eigenvalue weighted by atomic mass is 10.1. The highest BCUT2D eigenvalue weighted by Gasteiger charge is 2.24. The third-order valence-corrected chi connectivity index (χ3v) is 3.68. The van der Waals surface area contributed by atoms with Crippen molar-refractivity contribution in [2.75, 3.05) is 19.4 Å². The predicted octanol–water partition coefficient (Wildman–Crippen LogP) is 2.68. The van der Waals surface area contributed by atoms with Gasteiger partial charge in [-0.2, -0.15) is 0 Å². The van der Waals surface area contributed by atoms with Gasteiger partial charge < -0.3 is 15.4 Å². The van der Waals surface area contributed by atoms with Crippen LogP contribution in [0.15, 0.2) is 18.2 Å². The molecule has 1 saturated carbocycles. The van der Waals surface area contributed by atoms with Gasteiger partial charge in [0.05, 0.1) is 6.61 Å². The molecule has 0 heterocycles. The van der Waals surface area contributed by atoms with Gasteiger partial charge in [0.2, 0.25) is 0 Å². The Balaban J connectivity index is 2.17. The zero-order valence-corrected chi connectivity index (χ0v) is 11.7. The molecule has 0 aromatic heterocycles. The van der Waals surface area contributed by atoms with Gasteiger partial charge >= 0.3 is 0 Å². The van der Waals surface area contributed by atoms with Gasteiger partial charge in [0, 0.05) is 30.4 Å². The number of nitrogens with zero attached hydrogens (tertiary/aromatic N) is 1. The van der Waals surface area contributed by atoms with Gasteiger partial charge in [0.15, 0.2) is 0 Å². The molecule has 0 spiro atoms. The van der Waals surface area contributed by atoms with Crippen molar-refractivity contribution in [3.05, 3.63) is 23.8 Å². The van der Waals surface area contributed by atoms with E-state index >= 15 is 0 Å². The maximum Gasteiger partial charge on any atom is 0.254 e. The van der Waals surface area contributed by atoms with E-state index in [0.717, 1.165) is 12.8 Å². The van der Waals surface area contributed by atoms with Crippen LogP contribution in [0.3, 0.4) is 0 Å². The molecule has 0 unspecified atom stereocenters. The number of carbonyl (C=O) groups excluding carboxylic acids is 1. The summed E-state index contributed by atoms with van der Waals surface area (Å²) in [6.45, 7) is 2.48. The number of rotatable bonds is 4. The lowest BCUT2D eigenvalue weighted by Gasteiger charge is -2.24. The molecule has 1 fully saturated rings. The number of hydrogen-bond acceptors (Lipinski definition) is 3. The fourth-order valence-electron chi connectivity index (χ4n) is 2.66. The number of carbonyl (C=O) groups is 1. The Morgan fingerprint density at radius 3 is 2.68 bits per heavy atom. The molecule has 104 valence electrons. The Labute approximate surface area is 114 Å². The average molecular weight is 262 g/mol. The first-order valence-corrected chi connectivity index (χ1v) is 6.92. The van der Waals surface area contributed by atoms with Gasteiger partial charge in [-0.15, -0.1) is 0 Å². The van der Waals surface area contributed by atoms with Crippen LogP contribution in [0.1, 0.15) is 43.0 Å². The zero-order chi connectivity index (χ0) is 13.8. The first-order valence-electron chi connectivity index (χ1n) is 6.92. The summed E-state index contributed by atoms with van der Waals surface area (Å²) >= 11 is 0. The first-order chi connectivity index (χ1) is 9.11. The maximum atomic E-state index is 12.5. The van der Waals surface area contributed by atoms with Gasteiger partial charge in [-0.1, -0.05) is 12.8 Å². The minimum atomic E-state index is 0.0279. The number of ether oxygens (including phenoxy) is 1. The summed E-state index contributed by atoms with van der Waals surface area (Å²) < 4.78 is 5.43. The second-order valence-corrected chi connectivity index (χ2v) is 5.08. The van der Waals surface area contributed by atoms with Crippen molar-refractivity contribution in [1.29, 1.82) is 0 Å². The molecule has 2 rings (SSSR count). The molecule has 0 radical (unpaired) electrons. The summed E-state index contributed by atoms with van der Waals surface area (Å²) in [6, 6.07) is 5.60. The molecule has 4 heteroatoms. The van der Waals surface area contributed by atoms with Crippen LogP contribution in [-0.4, -0.2) is 30.5 Å². The normalized spacial score (nSPS) is 15.5. The number of nitrogens with two attached hydrogens (primary N) is 1. The minimum Gasteiger partial charge on any atom is -0.494 e. The van der Waals surface area contributed by atoms with Crippen molar-refractivity contribution >= 4 is 11.6 Å². The van der Waals surface area contributed by atoms with E-state index in [0.29, 0.717) is 29.6 Å². The third-order valence-electron chi connectivity index (χ3n) is 3.68. The Bertz CT molecular complexity index is 453. The van der Waals surface area contributed by atoms with E-state index in [1.807, 2.05) is 18.9 Å². The molecule has 1 aliphatic carbocycles. The highest BCUT2D eigenvalue weighted by Crippen LogP contribution is 2.25. The van der Waals surface area contributed by atoms with Crippen molar-refractivity contribution in [2.24, 2.45) is 0 Å². The van der Waals surface area contributed by atoms with Gasteiger partial charge in [-0.05, 0) is 31.9 Å². The van der Waals surface area contributed by atoms with Gasteiger partial charge in [0.1, 0.15) is 5.75 Å². The minimum absolute atomic E-state index is 0.0279. The summed E-state index contributed by atoms with van der Waals surface area (Å²) in [5.74, 6) is 0.686. The summed E-state index contributed by atoms with van der Waals surface area (Å²) in [6.07, 6.45) is 4.62. The van der Waals surface area contributed by atoms with E-state index in [-0.39, 0.29) is 5.91 Å². The van der Waals surface area contributed by atoms with E-state index in [1.54, 1.807) is 18.2 Å². The topological polar surface area (TPSA) is 55.6 Å². The van der Waals surface area contributed by atoms with Gasteiger partial charge in [-0.3, -0.25) is 4.79 Å². The number of benzene rings is 1. The Morgan fingerprint density at radius 2 is 2.05 bits per heavy atom. The maximum absolute atomic E-state index is 12.5. The molecule has 2 N–H and O–H groups in total. The lowest BCUT2D eigenvalue weighted by Crippen LogP contribution is -2.35. The van der Waals surface area contributed by atoms with Crippen molar-refractivity contribution < 1.29 is 9.53 Å². The van der Waals surface area contributed by atoms with E-state index in [2.05, 4.69) is 0 Å². The van der Waals surface area contributed by atoms with Crippen molar-refractivity contribution in [3.8, 4) is 5.75 Å². The second-order valence-electron chi connectivity index (χ2n) is 5.08. The van der Waals surface area contributed by atoms with Crippen LogP contribution in [-0.2, 0) is 0 Å². The monoisotopic (exact) mass is 262 g/mol. The first kappa shape index (κ1) is 13.7. The predicted molar refractivity (Wildman–Crippen MR) is 76.4 cm³/mol. The SMILES string of the molecule is CCOc1cc(N)cc(C(=O)N(C)C2CCCC2)c1. The fourth-order valence-corrected chi connectivity index (χ4v) is 2.66. The fraction of sp³-hybridized carbons (Fsp3) is 0.533. The zero-order valence-electron chi connectivity index (χ0n) is 11.7. The summed E-state index contributed by atoms with van der Waals surface area (Å²) in [7, 11) is 1.88. The molecule has 1 amide bonds. The van der Waals surface area contributed by atoms with Gasteiger partial charge in [-0.25, -0.2) is 0 Å². The highest BCUT2D eigenvalue weighted by molar-refractivity contribution is 5.95. The molecule has 0 bridgehead atoms. The quantitative estimate of drug-likeness (QED) is 0.849. The van der Waals surface area contributed by atoms with Crippen molar-refractivity contribution in [2.45, 2.75) is 38.6 Å². The largest absolute Gasteiger partial charge is 0.494 e. The summed E-state index contributed by atoms with van der Waals surface area (Å²) in [5, 5.41) is 0. The molecular formula is C15H22N2O2. The van der Waals surface area contributed by atoms with E-state index in [4.69, 9.17) is 10.5 Å². The van der Waals surface area contributed by atoms with Crippen LogP contribution in [0.25, 0.3) is 0 Å². The molecule has 0 saturated heterocycles. The lowest BCUT2D eigenvalue weighted by molar-refractivity contribution is 0.0734. The Kier molecular flexibility index (Phi) is 4.30. The van der Waals surface area contributed by atoms with Crippen LogP contribution >= 0.6 is 0 Å². The summed E-state index contributed by atoms with van der Waals surface area (Å²) in [4.78, 5) is 14.3. The van der Waals surface area contributed by atoms with E-state index in [1.165, 1.54) is 12.8 Å².